The second kappa shape index (κ2) is 14.1. The van der Waals surface area contributed by atoms with Gasteiger partial charge in [0.05, 0.1) is 11.1 Å². The number of anilines is 3. The number of benzene rings is 10. The van der Waals surface area contributed by atoms with Crippen LogP contribution in [0.25, 0.3) is 77.3 Å². The Balaban J connectivity index is 1.01. The van der Waals surface area contributed by atoms with E-state index in [0.717, 1.165) is 72.1 Å². The molecule has 12 aromatic rings. The van der Waals surface area contributed by atoms with Crippen molar-refractivity contribution in [2.45, 2.75) is 24.7 Å². The highest BCUT2D eigenvalue weighted by Crippen LogP contribution is 2.60. The molecule has 0 aliphatic heterocycles. The lowest BCUT2D eigenvalue weighted by atomic mass is 9.68. The maximum atomic E-state index is 6.73. The van der Waals surface area contributed by atoms with Crippen molar-refractivity contribution in [3.63, 3.8) is 0 Å². The molecule has 2 aromatic heterocycles. The van der Waals surface area contributed by atoms with Crippen LogP contribution in [0.2, 0.25) is 0 Å². The highest BCUT2D eigenvalue weighted by Gasteiger charge is 2.47. The fraction of sp³-hybridized carbons (Fsp3) is 0.0625. The number of furan rings is 2. The van der Waals surface area contributed by atoms with Crippen LogP contribution < -0.4 is 4.90 Å². The molecule has 0 amide bonds. The van der Waals surface area contributed by atoms with Gasteiger partial charge < -0.3 is 13.7 Å². The van der Waals surface area contributed by atoms with E-state index in [1.54, 1.807) is 0 Å². The van der Waals surface area contributed by atoms with Crippen molar-refractivity contribution in [3.8, 4) is 33.4 Å². The molecule has 0 bridgehead atoms. The van der Waals surface area contributed by atoms with Crippen LogP contribution in [0.5, 0.6) is 0 Å². The number of rotatable bonds is 6. The zero-order valence-electron chi connectivity index (χ0n) is 37.1. The van der Waals surface area contributed by atoms with Gasteiger partial charge >= 0.3 is 0 Å². The minimum Gasteiger partial charge on any atom is -0.456 e. The summed E-state index contributed by atoms with van der Waals surface area (Å²) in [5.41, 5.74) is 21.0. The van der Waals surface area contributed by atoms with Crippen molar-refractivity contribution in [2.75, 3.05) is 4.90 Å². The Morgan fingerprint density at radius 3 is 1.64 bits per heavy atom. The van der Waals surface area contributed by atoms with Gasteiger partial charge in [-0.3, -0.25) is 0 Å². The van der Waals surface area contributed by atoms with E-state index in [1.165, 1.54) is 55.6 Å². The van der Waals surface area contributed by atoms with Gasteiger partial charge in [-0.05, 0) is 122 Å². The summed E-state index contributed by atoms with van der Waals surface area (Å²) in [6.07, 6.45) is 0. The molecule has 2 heterocycles. The molecule has 2 aliphatic rings. The lowest BCUT2D eigenvalue weighted by molar-refractivity contribution is 0.660. The third-order valence-corrected chi connectivity index (χ3v) is 14.9. The first-order chi connectivity index (χ1) is 33.0. The van der Waals surface area contributed by atoms with E-state index in [9.17, 15) is 0 Å². The van der Waals surface area contributed by atoms with E-state index >= 15 is 0 Å². The Kier molecular flexibility index (Phi) is 7.95. The topological polar surface area (TPSA) is 29.5 Å². The summed E-state index contributed by atoms with van der Waals surface area (Å²) in [4.78, 5) is 2.49. The van der Waals surface area contributed by atoms with Crippen molar-refractivity contribution >= 4 is 60.9 Å². The SMILES string of the molecule is CC1(C)c2ccccc2-c2ccc(N(c3ccc4oc5cc6c(cc5c4c3)oc3cc(-c4ccccc4)ccc36)c3cccc4c3-c3ccccc3C4(c3ccccc3)c3ccccc3)cc21. The first kappa shape index (κ1) is 37.9. The molecular weight excluding hydrogens is 815 g/mol. The maximum absolute atomic E-state index is 6.73. The van der Waals surface area contributed by atoms with Crippen molar-refractivity contribution in [3.05, 3.63) is 258 Å². The zero-order chi connectivity index (χ0) is 44.4. The normalized spacial score (nSPS) is 14.1. The van der Waals surface area contributed by atoms with Gasteiger partial charge in [0.1, 0.15) is 22.3 Å². The summed E-state index contributed by atoms with van der Waals surface area (Å²) in [7, 11) is 0. The minimum atomic E-state index is -0.539. The van der Waals surface area contributed by atoms with E-state index < -0.39 is 5.41 Å². The van der Waals surface area contributed by atoms with Gasteiger partial charge in [-0.25, -0.2) is 0 Å². The molecule has 0 fully saturated rings. The molecule has 14 rings (SSSR count). The first-order valence-electron chi connectivity index (χ1n) is 23.2. The zero-order valence-corrected chi connectivity index (χ0v) is 37.1. The molecule has 0 spiro atoms. The Morgan fingerprint density at radius 1 is 0.343 bits per heavy atom. The highest BCUT2D eigenvalue weighted by molar-refractivity contribution is 6.16. The summed E-state index contributed by atoms with van der Waals surface area (Å²) in [6.45, 7) is 4.72. The molecule has 10 aromatic carbocycles. The largest absolute Gasteiger partial charge is 0.456 e. The van der Waals surface area contributed by atoms with E-state index in [1.807, 2.05) is 6.07 Å². The lowest BCUT2D eigenvalue weighted by Crippen LogP contribution is -2.28. The Hall–Kier alpha value is -8.40. The molecule has 3 heteroatoms. The van der Waals surface area contributed by atoms with Crippen molar-refractivity contribution in [2.24, 2.45) is 0 Å². The Labute approximate surface area is 388 Å². The van der Waals surface area contributed by atoms with Crippen LogP contribution in [0.4, 0.5) is 17.1 Å². The molecule has 0 saturated carbocycles. The van der Waals surface area contributed by atoms with Crippen LogP contribution in [0.15, 0.2) is 233 Å². The van der Waals surface area contributed by atoms with Crippen LogP contribution in [0.1, 0.15) is 47.2 Å². The molecule has 0 N–H and O–H groups in total. The molecule has 2 aliphatic carbocycles. The predicted molar refractivity (Wildman–Crippen MR) is 276 cm³/mol. The minimum absolute atomic E-state index is 0.181. The quantitative estimate of drug-likeness (QED) is 0.167. The standard InChI is InChI=1S/C64H43NO2/c1-63(2)53-25-14-12-23-46(53)47-33-30-45(37-56(47)63)65(57-28-16-27-55-62(57)49-24-13-15-26-54(49)64(55,42-19-8-4-9-20-42)43-21-10-5-11-22-43)44-31-34-58-50(36-44)52-39-60-51(38-61(52)66-58)48-32-29-41(35-59(48)67-60)40-17-6-3-7-18-40/h3-39H,1-2H3. The fourth-order valence-corrected chi connectivity index (χ4v) is 11.9. The van der Waals surface area contributed by atoms with Gasteiger partial charge in [-0.15, -0.1) is 0 Å². The monoisotopic (exact) mass is 857 g/mol. The predicted octanol–water partition coefficient (Wildman–Crippen LogP) is 17.3. The Morgan fingerprint density at radius 2 is 0.896 bits per heavy atom. The molecular formula is C64H43NO2. The van der Waals surface area contributed by atoms with E-state index in [4.69, 9.17) is 8.83 Å². The maximum Gasteiger partial charge on any atom is 0.136 e. The molecule has 0 radical (unpaired) electrons. The lowest BCUT2D eigenvalue weighted by Gasteiger charge is -2.34. The number of hydrogen-bond acceptors (Lipinski definition) is 3. The third kappa shape index (κ3) is 5.34. The van der Waals surface area contributed by atoms with Crippen LogP contribution in [-0.4, -0.2) is 0 Å². The molecule has 0 saturated heterocycles. The summed E-state index contributed by atoms with van der Waals surface area (Å²) in [5, 5.41) is 4.18. The third-order valence-electron chi connectivity index (χ3n) is 14.9. The van der Waals surface area contributed by atoms with Gasteiger partial charge in [-0.2, -0.15) is 0 Å². The number of fused-ring (bicyclic) bond motifs is 12. The van der Waals surface area contributed by atoms with E-state index in [2.05, 4.69) is 237 Å². The van der Waals surface area contributed by atoms with Gasteiger partial charge in [-0.1, -0.05) is 178 Å². The van der Waals surface area contributed by atoms with Crippen LogP contribution >= 0.6 is 0 Å². The Bertz CT molecular complexity index is 3910. The summed E-state index contributed by atoms with van der Waals surface area (Å²) < 4.78 is 13.4. The molecule has 0 unspecified atom stereocenters. The second-order valence-corrected chi connectivity index (χ2v) is 18.8. The first-order valence-corrected chi connectivity index (χ1v) is 23.2. The number of nitrogens with zero attached hydrogens (tertiary/aromatic N) is 1. The van der Waals surface area contributed by atoms with Crippen LogP contribution in [0.3, 0.4) is 0 Å². The smallest absolute Gasteiger partial charge is 0.136 e. The van der Waals surface area contributed by atoms with Gasteiger partial charge in [0.2, 0.25) is 0 Å². The summed E-state index contributed by atoms with van der Waals surface area (Å²) in [6, 6.07) is 82.1. The van der Waals surface area contributed by atoms with Crippen LogP contribution in [0, 0.1) is 0 Å². The van der Waals surface area contributed by atoms with Gasteiger partial charge in [0, 0.05) is 43.9 Å². The summed E-state index contributed by atoms with van der Waals surface area (Å²) >= 11 is 0. The molecule has 0 atom stereocenters. The van der Waals surface area contributed by atoms with Gasteiger partial charge in [0.25, 0.3) is 0 Å². The van der Waals surface area contributed by atoms with Crippen LogP contribution in [-0.2, 0) is 10.8 Å². The average Bonchev–Trinajstić information content (AvgIpc) is 4.09. The van der Waals surface area contributed by atoms with Gasteiger partial charge in [0.15, 0.2) is 0 Å². The highest BCUT2D eigenvalue weighted by atomic mass is 16.3. The molecule has 316 valence electrons. The number of hydrogen-bond donors (Lipinski definition) is 0. The molecule has 3 nitrogen and oxygen atoms in total. The van der Waals surface area contributed by atoms with E-state index in [0.29, 0.717) is 0 Å². The summed E-state index contributed by atoms with van der Waals surface area (Å²) in [5.74, 6) is 0. The van der Waals surface area contributed by atoms with Crippen molar-refractivity contribution in [1.82, 2.24) is 0 Å². The van der Waals surface area contributed by atoms with Crippen molar-refractivity contribution in [1.29, 1.82) is 0 Å². The van der Waals surface area contributed by atoms with E-state index in [-0.39, 0.29) is 5.41 Å². The fourth-order valence-electron chi connectivity index (χ4n) is 11.9. The average molecular weight is 858 g/mol. The second-order valence-electron chi connectivity index (χ2n) is 18.8. The van der Waals surface area contributed by atoms with Crippen molar-refractivity contribution < 1.29 is 8.83 Å². The molecule has 67 heavy (non-hydrogen) atoms.